The smallest absolute Gasteiger partial charge is 0.0769 e. The molecule has 2 rings (SSSR count). The molecule has 0 aliphatic rings. The van der Waals surface area contributed by atoms with Crippen molar-refractivity contribution in [2.45, 2.75) is 11.1 Å². The van der Waals surface area contributed by atoms with Crippen LogP contribution in [0.5, 0.6) is 0 Å². The number of nitrogens with one attached hydrogen (secondary N) is 1. The molecule has 1 heterocycles. The van der Waals surface area contributed by atoms with Crippen molar-refractivity contribution in [1.29, 1.82) is 0 Å². The Labute approximate surface area is 97.6 Å². The molecule has 0 bridgehead atoms. The maximum absolute atomic E-state index is 9.33. The molecule has 80 valence electrons. The van der Waals surface area contributed by atoms with Gasteiger partial charge in [-0.2, -0.15) is 0 Å². The fraction of sp³-hybridized carbons (Fsp3) is 0.273. The quantitative estimate of drug-likeness (QED) is 0.638. The summed E-state index contributed by atoms with van der Waals surface area (Å²) >= 11 is 7.11. The van der Waals surface area contributed by atoms with Crippen molar-refractivity contribution in [2.24, 2.45) is 0 Å². The minimum absolute atomic E-state index is 0.285. The van der Waals surface area contributed by atoms with Gasteiger partial charge in [0.2, 0.25) is 0 Å². The summed E-state index contributed by atoms with van der Waals surface area (Å²) < 4.78 is 0. The first kappa shape index (κ1) is 10.9. The highest BCUT2D eigenvalue weighted by Gasteiger charge is 2.05. The number of halogens is 1. The summed E-state index contributed by atoms with van der Waals surface area (Å²) in [5.74, 6) is 0.906. The highest BCUT2D eigenvalue weighted by atomic mass is 35.5. The fourth-order valence-corrected chi connectivity index (χ4v) is 2.48. The number of thioether (sulfide) groups is 1. The van der Waals surface area contributed by atoms with E-state index in [-0.39, 0.29) is 5.88 Å². The summed E-state index contributed by atoms with van der Waals surface area (Å²) in [6.07, 6.45) is -0.442. The van der Waals surface area contributed by atoms with E-state index in [2.05, 4.69) is 17.1 Å². The van der Waals surface area contributed by atoms with E-state index in [1.54, 1.807) is 11.8 Å². The van der Waals surface area contributed by atoms with Gasteiger partial charge in [0.1, 0.15) is 0 Å². The Morgan fingerprint density at radius 3 is 2.93 bits per heavy atom. The van der Waals surface area contributed by atoms with Crippen molar-refractivity contribution >= 4 is 34.3 Å². The summed E-state index contributed by atoms with van der Waals surface area (Å²) in [6.45, 7) is 0. The zero-order valence-corrected chi connectivity index (χ0v) is 9.68. The summed E-state index contributed by atoms with van der Waals surface area (Å²) in [7, 11) is 0. The first-order chi connectivity index (χ1) is 7.29. The lowest BCUT2D eigenvalue weighted by Crippen LogP contribution is -2.10. The molecule has 0 saturated heterocycles. The summed E-state index contributed by atoms with van der Waals surface area (Å²) in [5.41, 5.74) is 1.13. The van der Waals surface area contributed by atoms with E-state index in [0.717, 1.165) is 10.5 Å². The highest BCUT2D eigenvalue weighted by Crippen LogP contribution is 2.23. The molecule has 1 aromatic heterocycles. The molecule has 2 N–H and O–H groups in total. The van der Waals surface area contributed by atoms with Crippen LogP contribution in [0.15, 0.2) is 35.4 Å². The number of benzene rings is 1. The van der Waals surface area contributed by atoms with Crippen molar-refractivity contribution in [3.8, 4) is 0 Å². The fourth-order valence-electron chi connectivity index (χ4n) is 1.36. The molecule has 0 amide bonds. The number of aliphatic hydroxyl groups excluding tert-OH is 1. The number of fused-ring (bicyclic) bond motifs is 1. The molecule has 2 nitrogen and oxygen atoms in total. The summed E-state index contributed by atoms with van der Waals surface area (Å²) in [4.78, 5) is 3.28. The third kappa shape index (κ3) is 2.68. The number of alkyl halides is 1. The van der Waals surface area contributed by atoms with Gasteiger partial charge in [-0.1, -0.05) is 18.2 Å². The largest absolute Gasteiger partial charge is 0.391 e. The molecule has 0 fully saturated rings. The van der Waals surface area contributed by atoms with Gasteiger partial charge in [0, 0.05) is 22.5 Å². The van der Waals surface area contributed by atoms with Gasteiger partial charge in [-0.15, -0.1) is 23.4 Å². The molecule has 0 spiro atoms. The van der Waals surface area contributed by atoms with E-state index < -0.39 is 6.10 Å². The maximum Gasteiger partial charge on any atom is 0.0769 e. The molecule has 4 heteroatoms. The van der Waals surface area contributed by atoms with Gasteiger partial charge in [-0.25, -0.2) is 0 Å². The maximum atomic E-state index is 9.33. The van der Waals surface area contributed by atoms with Gasteiger partial charge in [-0.3, -0.25) is 0 Å². The lowest BCUT2D eigenvalue weighted by molar-refractivity contribution is 0.223. The van der Waals surface area contributed by atoms with Crippen LogP contribution >= 0.6 is 23.4 Å². The van der Waals surface area contributed by atoms with E-state index in [4.69, 9.17) is 11.6 Å². The first-order valence-electron chi connectivity index (χ1n) is 4.74. The minimum Gasteiger partial charge on any atom is -0.391 e. The van der Waals surface area contributed by atoms with Crippen molar-refractivity contribution in [3.63, 3.8) is 0 Å². The van der Waals surface area contributed by atoms with E-state index in [1.807, 2.05) is 18.2 Å². The molecule has 0 aliphatic heterocycles. The van der Waals surface area contributed by atoms with Crippen LogP contribution in [0.4, 0.5) is 0 Å². The molecule has 15 heavy (non-hydrogen) atoms. The van der Waals surface area contributed by atoms with Crippen molar-refractivity contribution in [1.82, 2.24) is 4.98 Å². The average Bonchev–Trinajstić information content (AvgIpc) is 2.68. The van der Waals surface area contributed by atoms with Crippen LogP contribution in [0.25, 0.3) is 10.9 Å². The Morgan fingerprint density at radius 2 is 2.20 bits per heavy atom. The molecule has 1 unspecified atom stereocenters. The minimum atomic E-state index is -0.442. The van der Waals surface area contributed by atoms with E-state index in [1.165, 1.54) is 5.39 Å². The predicted molar refractivity (Wildman–Crippen MR) is 65.7 cm³/mol. The molecule has 1 aromatic carbocycles. The number of para-hydroxylation sites is 1. The Morgan fingerprint density at radius 1 is 1.40 bits per heavy atom. The van der Waals surface area contributed by atoms with Crippen LogP contribution in [0.2, 0.25) is 0 Å². The van der Waals surface area contributed by atoms with Crippen LogP contribution in [-0.2, 0) is 0 Å². The molecule has 0 aliphatic carbocycles. The van der Waals surface area contributed by atoms with Crippen LogP contribution in [-0.4, -0.2) is 27.8 Å². The van der Waals surface area contributed by atoms with Crippen LogP contribution in [0.3, 0.4) is 0 Å². The zero-order valence-electron chi connectivity index (χ0n) is 8.11. The van der Waals surface area contributed by atoms with Crippen molar-refractivity contribution in [3.05, 3.63) is 30.3 Å². The normalized spacial score (nSPS) is 13.2. The molecular formula is C11H12ClNOS. The summed E-state index contributed by atoms with van der Waals surface area (Å²) in [6, 6.07) is 10.2. The highest BCUT2D eigenvalue weighted by molar-refractivity contribution is 7.99. The zero-order chi connectivity index (χ0) is 10.7. The second kappa shape index (κ2) is 4.92. The number of H-pyrrole nitrogens is 1. The average molecular weight is 242 g/mol. The Bertz CT molecular complexity index is 410. The number of hydrogen-bond donors (Lipinski definition) is 2. The number of aromatic amines is 1. The molecule has 0 saturated carbocycles. The first-order valence-corrected chi connectivity index (χ1v) is 6.26. The van der Waals surface area contributed by atoms with Crippen LogP contribution < -0.4 is 0 Å². The van der Waals surface area contributed by atoms with Gasteiger partial charge in [0.15, 0.2) is 0 Å². The lowest BCUT2D eigenvalue weighted by Gasteiger charge is -2.03. The SMILES string of the molecule is OC(CCl)CSc1cc2ccccc2[nH]1. The van der Waals surface area contributed by atoms with Gasteiger partial charge >= 0.3 is 0 Å². The standard InChI is InChI=1S/C11H12ClNOS/c12-6-9(14)7-15-11-5-8-3-1-2-4-10(8)13-11/h1-5,9,13-14H,6-7H2. The monoisotopic (exact) mass is 241 g/mol. The Hall–Kier alpha value is -0.640. The second-order valence-electron chi connectivity index (χ2n) is 3.34. The van der Waals surface area contributed by atoms with Gasteiger partial charge in [0.25, 0.3) is 0 Å². The van der Waals surface area contributed by atoms with Gasteiger partial charge in [-0.05, 0) is 12.1 Å². The van der Waals surface area contributed by atoms with Crippen LogP contribution in [0.1, 0.15) is 0 Å². The van der Waals surface area contributed by atoms with Gasteiger partial charge < -0.3 is 10.1 Å². The third-order valence-corrected chi connectivity index (χ3v) is 3.55. The van der Waals surface area contributed by atoms with E-state index >= 15 is 0 Å². The number of hydrogen-bond acceptors (Lipinski definition) is 2. The molecule has 0 radical (unpaired) electrons. The molecule has 2 aromatic rings. The topological polar surface area (TPSA) is 36.0 Å². The van der Waals surface area contributed by atoms with Crippen molar-refractivity contribution in [2.75, 3.05) is 11.6 Å². The Kier molecular flexibility index (Phi) is 3.57. The lowest BCUT2D eigenvalue weighted by atomic mass is 10.3. The molecular weight excluding hydrogens is 230 g/mol. The summed E-state index contributed by atoms with van der Waals surface area (Å²) in [5, 5.41) is 11.6. The third-order valence-electron chi connectivity index (χ3n) is 2.11. The predicted octanol–water partition coefficient (Wildman–Crippen LogP) is 2.86. The van der Waals surface area contributed by atoms with E-state index in [9.17, 15) is 5.11 Å². The van der Waals surface area contributed by atoms with E-state index in [0.29, 0.717) is 5.75 Å². The Balaban J connectivity index is 2.09. The number of rotatable bonds is 4. The molecule has 1 atom stereocenters. The number of aliphatic hydroxyl groups is 1. The number of aromatic nitrogens is 1. The van der Waals surface area contributed by atoms with Crippen molar-refractivity contribution < 1.29 is 5.11 Å². The second-order valence-corrected chi connectivity index (χ2v) is 4.71. The van der Waals surface area contributed by atoms with Gasteiger partial charge in [0.05, 0.1) is 11.1 Å². The van der Waals surface area contributed by atoms with Crippen LogP contribution in [0, 0.1) is 0 Å².